The number of nitrogens with zero attached hydrogens (tertiary/aromatic N) is 2. The smallest absolute Gasteiger partial charge is 0.160 e. The molecule has 0 spiro atoms. The number of para-hydroxylation sites is 3. The summed E-state index contributed by atoms with van der Waals surface area (Å²) in [6.45, 7) is 0. The van der Waals surface area contributed by atoms with Gasteiger partial charge in [0, 0.05) is 60.0 Å². The predicted octanol–water partition coefficient (Wildman–Crippen LogP) is 15.9. The van der Waals surface area contributed by atoms with Crippen molar-refractivity contribution < 1.29 is 8.83 Å². The number of fused-ring (bicyclic) bond motifs is 9. The van der Waals surface area contributed by atoms with E-state index in [9.17, 15) is 0 Å². The summed E-state index contributed by atoms with van der Waals surface area (Å²) in [6, 6.07) is 72.4. The van der Waals surface area contributed by atoms with Crippen LogP contribution < -0.4 is 0 Å². The molecule has 0 saturated carbocycles. The maximum absolute atomic E-state index is 6.25. The fourth-order valence-electron chi connectivity index (χ4n) is 9.24. The minimum atomic E-state index is 0.669. The molecule has 5 nitrogen and oxygen atoms in total. The molecule has 0 unspecified atom stereocenters. The first-order chi connectivity index (χ1) is 31.1. The molecule has 1 N–H and O–H groups in total. The zero-order chi connectivity index (χ0) is 41.4. The summed E-state index contributed by atoms with van der Waals surface area (Å²) in [5, 5.41) is 6.82. The maximum atomic E-state index is 6.25. The summed E-state index contributed by atoms with van der Waals surface area (Å²) in [4.78, 5) is 14.1. The van der Waals surface area contributed by atoms with Crippen LogP contribution in [-0.2, 0) is 0 Å². The van der Waals surface area contributed by atoms with Gasteiger partial charge in [-0.1, -0.05) is 127 Å². The molecule has 4 aromatic heterocycles. The van der Waals surface area contributed by atoms with Crippen molar-refractivity contribution in [2.75, 3.05) is 0 Å². The fourth-order valence-corrected chi connectivity index (χ4v) is 9.24. The van der Waals surface area contributed by atoms with Crippen molar-refractivity contribution in [3.05, 3.63) is 206 Å². The summed E-state index contributed by atoms with van der Waals surface area (Å²) < 4.78 is 12.4. The zero-order valence-electron chi connectivity index (χ0n) is 33.8. The molecule has 4 heterocycles. The van der Waals surface area contributed by atoms with Gasteiger partial charge in [0.25, 0.3) is 0 Å². The largest absolute Gasteiger partial charge is 0.456 e. The third-order valence-corrected chi connectivity index (χ3v) is 12.4. The molecule has 0 aliphatic heterocycles. The molecule has 0 aliphatic rings. The molecule has 0 atom stereocenters. The Morgan fingerprint density at radius 3 is 1.40 bits per heavy atom. The molecule has 0 bridgehead atoms. The Bertz CT molecular complexity index is 3780. The molecule has 13 aromatic rings. The molecule has 0 saturated heterocycles. The molecule has 9 aromatic carbocycles. The first kappa shape index (κ1) is 35.2. The SMILES string of the molecule is c1ccc(-c2nc(-c3ccc(-c4ccc5oc6ccccc6c5c4)cc3)cc(-c3cc(-c4ccc5[nH]c6ccccc6c5c4)cc(-c4ccc5oc6ccccc6c5c4)c3)n2)cc1. The summed E-state index contributed by atoms with van der Waals surface area (Å²) in [6.07, 6.45) is 0. The lowest BCUT2D eigenvalue weighted by Crippen LogP contribution is -1.96. The van der Waals surface area contributed by atoms with Crippen LogP contribution in [0.15, 0.2) is 215 Å². The van der Waals surface area contributed by atoms with E-state index < -0.39 is 0 Å². The van der Waals surface area contributed by atoms with Gasteiger partial charge in [-0.25, -0.2) is 9.97 Å². The minimum Gasteiger partial charge on any atom is -0.456 e. The summed E-state index contributed by atoms with van der Waals surface area (Å²) in [7, 11) is 0. The van der Waals surface area contributed by atoms with Gasteiger partial charge in [-0.3, -0.25) is 0 Å². The Labute approximate surface area is 361 Å². The van der Waals surface area contributed by atoms with Gasteiger partial charge in [0.15, 0.2) is 5.82 Å². The molecule has 63 heavy (non-hydrogen) atoms. The third kappa shape index (κ3) is 6.01. The lowest BCUT2D eigenvalue weighted by atomic mass is 9.93. The van der Waals surface area contributed by atoms with Gasteiger partial charge in [-0.05, 0) is 112 Å². The molecule has 5 heteroatoms. The van der Waals surface area contributed by atoms with E-state index in [1.807, 2.05) is 42.5 Å². The quantitative estimate of drug-likeness (QED) is 0.182. The monoisotopic (exact) mass is 805 g/mol. The van der Waals surface area contributed by atoms with Crippen LogP contribution >= 0.6 is 0 Å². The molecule has 13 rings (SSSR count). The number of aromatic amines is 1. The highest BCUT2D eigenvalue weighted by Crippen LogP contribution is 2.39. The summed E-state index contributed by atoms with van der Waals surface area (Å²) in [5.41, 5.74) is 17.1. The predicted molar refractivity (Wildman–Crippen MR) is 259 cm³/mol. The van der Waals surface area contributed by atoms with Crippen molar-refractivity contribution in [3.63, 3.8) is 0 Å². The van der Waals surface area contributed by atoms with Crippen LogP contribution in [0.3, 0.4) is 0 Å². The van der Waals surface area contributed by atoms with Crippen LogP contribution in [0.25, 0.3) is 133 Å². The van der Waals surface area contributed by atoms with Gasteiger partial charge < -0.3 is 13.8 Å². The third-order valence-electron chi connectivity index (χ3n) is 12.4. The first-order valence-electron chi connectivity index (χ1n) is 21.2. The molecule has 0 fully saturated rings. The number of hydrogen-bond acceptors (Lipinski definition) is 4. The standard InChI is InChI=1S/C58H35N3O2/c1-2-10-37(11-3-1)58-60-52(36-20-18-35(19-21-36)38-23-26-56-48(32-38)45-13-5-8-16-54(45)62-56)34-53(61-58)43-29-41(39-22-25-51-47(31-39)44-12-4-7-15-50(44)59-51)28-42(30-43)40-24-27-57-49(33-40)46-14-6-9-17-55(46)63-57/h1-34,59H. The summed E-state index contributed by atoms with van der Waals surface area (Å²) >= 11 is 0. The number of hydrogen-bond donors (Lipinski definition) is 1. The lowest BCUT2D eigenvalue weighted by Gasteiger charge is -2.14. The van der Waals surface area contributed by atoms with Gasteiger partial charge in [0.05, 0.1) is 11.4 Å². The van der Waals surface area contributed by atoms with Crippen molar-refractivity contribution in [2.45, 2.75) is 0 Å². The van der Waals surface area contributed by atoms with Crippen LogP contribution in [0.5, 0.6) is 0 Å². The maximum Gasteiger partial charge on any atom is 0.160 e. The Morgan fingerprint density at radius 1 is 0.270 bits per heavy atom. The highest BCUT2D eigenvalue weighted by molar-refractivity contribution is 6.09. The van der Waals surface area contributed by atoms with Crippen LogP contribution in [0.2, 0.25) is 0 Å². The van der Waals surface area contributed by atoms with E-state index in [1.165, 1.54) is 10.8 Å². The second kappa shape index (κ2) is 14.0. The highest BCUT2D eigenvalue weighted by Gasteiger charge is 2.17. The van der Waals surface area contributed by atoms with E-state index >= 15 is 0 Å². The number of benzene rings is 9. The number of aromatic nitrogens is 3. The first-order valence-corrected chi connectivity index (χ1v) is 21.2. The van der Waals surface area contributed by atoms with Crippen LogP contribution in [0.4, 0.5) is 0 Å². The van der Waals surface area contributed by atoms with E-state index in [0.29, 0.717) is 5.82 Å². The van der Waals surface area contributed by atoms with Gasteiger partial charge in [0.2, 0.25) is 0 Å². The number of rotatable bonds is 6. The van der Waals surface area contributed by atoms with E-state index in [2.05, 4.69) is 169 Å². The van der Waals surface area contributed by atoms with E-state index in [-0.39, 0.29) is 0 Å². The average Bonchev–Trinajstić information content (AvgIpc) is 4.04. The Hall–Kier alpha value is -8.54. The second-order valence-electron chi connectivity index (χ2n) is 16.3. The molecule has 294 valence electrons. The minimum absolute atomic E-state index is 0.669. The number of furan rings is 2. The molecule has 0 aliphatic carbocycles. The van der Waals surface area contributed by atoms with E-state index in [1.54, 1.807) is 0 Å². The lowest BCUT2D eigenvalue weighted by molar-refractivity contribution is 0.668. The van der Waals surface area contributed by atoms with Crippen LogP contribution in [-0.4, -0.2) is 15.0 Å². The van der Waals surface area contributed by atoms with Crippen molar-refractivity contribution in [1.29, 1.82) is 0 Å². The van der Waals surface area contributed by atoms with Gasteiger partial charge in [0.1, 0.15) is 22.3 Å². The van der Waals surface area contributed by atoms with Crippen molar-refractivity contribution in [3.8, 4) is 67.3 Å². The van der Waals surface area contributed by atoms with Gasteiger partial charge >= 0.3 is 0 Å². The Balaban J connectivity index is 0.974. The normalized spacial score (nSPS) is 11.8. The second-order valence-corrected chi connectivity index (χ2v) is 16.3. The molecule has 0 amide bonds. The van der Waals surface area contributed by atoms with Crippen molar-refractivity contribution in [2.24, 2.45) is 0 Å². The topological polar surface area (TPSA) is 67.8 Å². The zero-order valence-corrected chi connectivity index (χ0v) is 33.8. The van der Waals surface area contributed by atoms with E-state index in [0.717, 1.165) is 116 Å². The molecule has 0 radical (unpaired) electrons. The fraction of sp³-hybridized carbons (Fsp3) is 0. The highest BCUT2D eigenvalue weighted by atomic mass is 16.3. The van der Waals surface area contributed by atoms with Crippen LogP contribution in [0, 0.1) is 0 Å². The average molecular weight is 806 g/mol. The van der Waals surface area contributed by atoms with Crippen molar-refractivity contribution in [1.82, 2.24) is 15.0 Å². The van der Waals surface area contributed by atoms with Crippen LogP contribution in [0.1, 0.15) is 0 Å². The Morgan fingerprint density at radius 2 is 0.730 bits per heavy atom. The van der Waals surface area contributed by atoms with E-state index in [4.69, 9.17) is 18.8 Å². The summed E-state index contributed by atoms with van der Waals surface area (Å²) in [5.74, 6) is 0.669. The molecular formula is C58H35N3O2. The number of H-pyrrole nitrogens is 1. The molecular weight excluding hydrogens is 771 g/mol. The van der Waals surface area contributed by atoms with Crippen molar-refractivity contribution >= 4 is 65.7 Å². The Kier molecular flexibility index (Phi) is 7.84. The van der Waals surface area contributed by atoms with Gasteiger partial charge in [-0.15, -0.1) is 0 Å². The number of nitrogens with one attached hydrogen (secondary N) is 1. The van der Waals surface area contributed by atoms with Gasteiger partial charge in [-0.2, -0.15) is 0 Å².